The molecule has 0 radical (unpaired) electrons. The largest absolute Gasteiger partial charge is 0.324 e. The Morgan fingerprint density at radius 2 is 1.80 bits per heavy atom. The van der Waals surface area contributed by atoms with Crippen LogP contribution in [0, 0.1) is 27.7 Å². The first-order chi connectivity index (χ1) is 14.3. The van der Waals surface area contributed by atoms with Crippen LogP contribution in [-0.4, -0.2) is 25.1 Å². The van der Waals surface area contributed by atoms with E-state index in [4.69, 9.17) is 0 Å². The molecular weight excluding hydrogens is 378 g/mol. The van der Waals surface area contributed by atoms with E-state index >= 15 is 0 Å². The molecule has 0 fully saturated rings. The Kier molecular flexibility index (Phi) is 4.95. The van der Waals surface area contributed by atoms with Gasteiger partial charge in [0, 0.05) is 23.0 Å². The van der Waals surface area contributed by atoms with Crippen LogP contribution in [0.2, 0.25) is 0 Å². The van der Waals surface area contributed by atoms with Gasteiger partial charge in [-0.2, -0.15) is 9.50 Å². The number of carbonyl (C=O) groups is 1. The fourth-order valence-electron chi connectivity index (χ4n) is 3.42. The molecule has 7 nitrogen and oxygen atoms in total. The summed E-state index contributed by atoms with van der Waals surface area (Å²) in [5, 5.41) is 7.34. The van der Waals surface area contributed by atoms with Crippen LogP contribution >= 0.6 is 0 Å². The van der Waals surface area contributed by atoms with Gasteiger partial charge in [0.1, 0.15) is 6.54 Å². The Morgan fingerprint density at radius 3 is 2.57 bits per heavy atom. The zero-order chi connectivity index (χ0) is 21.4. The monoisotopic (exact) mass is 401 g/mol. The van der Waals surface area contributed by atoms with Crippen LogP contribution in [-0.2, 0) is 11.3 Å². The molecule has 0 atom stereocenters. The van der Waals surface area contributed by atoms with Crippen molar-refractivity contribution in [3.8, 4) is 11.4 Å². The van der Waals surface area contributed by atoms with Crippen LogP contribution in [0.5, 0.6) is 0 Å². The van der Waals surface area contributed by atoms with Crippen molar-refractivity contribution in [2.45, 2.75) is 34.2 Å². The number of hydrogen-bond donors (Lipinski definition) is 1. The van der Waals surface area contributed by atoms with Crippen LogP contribution in [0.15, 0.2) is 53.3 Å². The maximum absolute atomic E-state index is 12.8. The van der Waals surface area contributed by atoms with Crippen LogP contribution in [0.1, 0.15) is 22.4 Å². The summed E-state index contributed by atoms with van der Waals surface area (Å²) in [7, 11) is 0. The fraction of sp³-hybridized carbons (Fsp3) is 0.217. The molecule has 152 valence electrons. The van der Waals surface area contributed by atoms with Crippen LogP contribution in [0.3, 0.4) is 0 Å². The highest BCUT2D eigenvalue weighted by Crippen LogP contribution is 2.19. The molecule has 2 heterocycles. The van der Waals surface area contributed by atoms with Gasteiger partial charge in [-0.15, -0.1) is 5.10 Å². The highest BCUT2D eigenvalue weighted by molar-refractivity contribution is 5.91. The topological polar surface area (TPSA) is 81.3 Å². The molecule has 1 amide bonds. The minimum Gasteiger partial charge on any atom is -0.324 e. The molecule has 0 saturated carbocycles. The normalized spacial score (nSPS) is 11.1. The average molecular weight is 401 g/mol. The van der Waals surface area contributed by atoms with E-state index < -0.39 is 0 Å². The van der Waals surface area contributed by atoms with E-state index in [-0.39, 0.29) is 18.0 Å². The molecular formula is C23H23N5O2. The predicted molar refractivity (Wildman–Crippen MR) is 117 cm³/mol. The zero-order valence-electron chi connectivity index (χ0n) is 17.4. The van der Waals surface area contributed by atoms with E-state index in [2.05, 4.69) is 15.4 Å². The molecule has 7 heteroatoms. The number of nitrogens with zero attached hydrogens (tertiary/aromatic N) is 4. The number of carbonyl (C=O) groups excluding carboxylic acids is 1. The highest BCUT2D eigenvalue weighted by atomic mass is 16.2. The molecule has 0 saturated heterocycles. The SMILES string of the molecule is Cc1cccc(-c2nc3n(CC(=O)Nc4cccc(C)c4C)c(C)cc(=O)n3n2)c1. The van der Waals surface area contributed by atoms with Gasteiger partial charge in [0.2, 0.25) is 11.7 Å². The molecule has 0 aliphatic rings. The van der Waals surface area contributed by atoms with Gasteiger partial charge in [-0.25, -0.2) is 0 Å². The lowest BCUT2D eigenvalue weighted by Crippen LogP contribution is -2.25. The molecule has 0 aliphatic carbocycles. The van der Waals surface area contributed by atoms with E-state index in [0.717, 1.165) is 27.9 Å². The van der Waals surface area contributed by atoms with Crippen molar-refractivity contribution in [1.29, 1.82) is 0 Å². The third-order valence-electron chi connectivity index (χ3n) is 5.26. The first kappa shape index (κ1) is 19.6. The minimum absolute atomic E-state index is 0.0228. The Bertz CT molecular complexity index is 1330. The first-order valence-corrected chi connectivity index (χ1v) is 9.74. The summed E-state index contributed by atoms with van der Waals surface area (Å²) in [6.07, 6.45) is 0. The van der Waals surface area contributed by atoms with Crippen molar-refractivity contribution < 1.29 is 4.79 Å². The zero-order valence-corrected chi connectivity index (χ0v) is 17.4. The van der Waals surface area contributed by atoms with E-state index in [1.165, 1.54) is 10.6 Å². The van der Waals surface area contributed by atoms with Crippen molar-refractivity contribution in [2.75, 3.05) is 5.32 Å². The lowest BCUT2D eigenvalue weighted by Gasteiger charge is -2.13. The molecule has 4 aromatic rings. The summed E-state index contributed by atoms with van der Waals surface area (Å²) < 4.78 is 2.95. The van der Waals surface area contributed by atoms with Crippen molar-refractivity contribution >= 4 is 17.4 Å². The van der Waals surface area contributed by atoms with Crippen molar-refractivity contribution in [3.63, 3.8) is 0 Å². The molecule has 30 heavy (non-hydrogen) atoms. The number of aryl methyl sites for hydroxylation is 3. The Hall–Kier alpha value is -3.74. The van der Waals surface area contributed by atoms with Crippen LogP contribution < -0.4 is 10.9 Å². The molecule has 0 unspecified atom stereocenters. The van der Waals surface area contributed by atoms with Gasteiger partial charge in [-0.3, -0.25) is 9.59 Å². The summed E-state index contributed by atoms with van der Waals surface area (Å²) in [6, 6.07) is 15.0. The molecule has 4 rings (SSSR count). The standard InChI is InChI=1S/C23H23N5O2/c1-14-7-5-9-18(11-14)22-25-23-27(16(3)12-21(30)28(23)26-22)13-20(29)24-19-10-6-8-15(2)17(19)4/h5-12H,13H2,1-4H3,(H,24,29). The van der Waals surface area contributed by atoms with Crippen LogP contribution in [0.4, 0.5) is 5.69 Å². The molecule has 0 bridgehead atoms. The van der Waals surface area contributed by atoms with Gasteiger partial charge in [0.25, 0.3) is 5.56 Å². The first-order valence-electron chi connectivity index (χ1n) is 9.74. The van der Waals surface area contributed by atoms with Gasteiger partial charge in [-0.05, 0) is 51.0 Å². The van der Waals surface area contributed by atoms with Crippen LogP contribution in [0.25, 0.3) is 17.2 Å². The Balaban J connectivity index is 1.72. The lowest BCUT2D eigenvalue weighted by atomic mass is 10.1. The highest BCUT2D eigenvalue weighted by Gasteiger charge is 2.16. The number of nitrogens with one attached hydrogen (secondary N) is 1. The number of amides is 1. The van der Waals surface area contributed by atoms with Gasteiger partial charge in [0.15, 0.2) is 5.82 Å². The molecule has 2 aromatic heterocycles. The second-order valence-electron chi connectivity index (χ2n) is 7.52. The number of anilines is 1. The minimum atomic E-state index is -0.278. The quantitative estimate of drug-likeness (QED) is 0.568. The van der Waals surface area contributed by atoms with E-state index in [1.54, 1.807) is 11.5 Å². The maximum atomic E-state index is 12.8. The van der Waals surface area contributed by atoms with Gasteiger partial charge in [-0.1, -0.05) is 35.9 Å². The summed E-state index contributed by atoms with van der Waals surface area (Å²) in [4.78, 5) is 29.8. The number of hydrogen-bond acceptors (Lipinski definition) is 4. The summed E-state index contributed by atoms with van der Waals surface area (Å²) in [5.74, 6) is 0.593. The average Bonchev–Trinajstić information content (AvgIpc) is 3.15. The van der Waals surface area contributed by atoms with Crippen molar-refractivity contribution in [1.82, 2.24) is 19.2 Å². The Morgan fingerprint density at radius 1 is 1.03 bits per heavy atom. The summed E-state index contributed by atoms with van der Waals surface area (Å²) in [5.41, 5.74) is 5.17. The van der Waals surface area contributed by atoms with E-state index in [1.807, 2.05) is 63.2 Å². The molecule has 0 aliphatic heterocycles. The van der Waals surface area contributed by atoms with Gasteiger partial charge in [0.05, 0.1) is 0 Å². The second-order valence-corrected chi connectivity index (χ2v) is 7.52. The maximum Gasteiger partial charge on any atom is 0.275 e. The van der Waals surface area contributed by atoms with E-state index in [0.29, 0.717) is 17.3 Å². The third-order valence-corrected chi connectivity index (χ3v) is 5.26. The third kappa shape index (κ3) is 3.61. The number of rotatable bonds is 4. The second kappa shape index (κ2) is 7.59. The molecule has 2 aromatic carbocycles. The van der Waals surface area contributed by atoms with Gasteiger partial charge >= 0.3 is 0 Å². The van der Waals surface area contributed by atoms with Crippen molar-refractivity contribution in [3.05, 3.63) is 81.3 Å². The summed E-state index contributed by atoms with van der Waals surface area (Å²) >= 11 is 0. The number of benzene rings is 2. The smallest absolute Gasteiger partial charge is 0.275 e. The number of aromatic nitrogens is 4. The molecule has 0 spiro atoms. The van der Waals surface area contributed by atoms with Gasteiger partial charge < -0.3 is 9.88 Å². The molecule has 1 N–H and O–H groups in total. The predicted octanol–water partition coefficient (Wildman–Crippen LogP) is 3.43. The Labute approximate surface area is 174 Å². The lowest BCUT2D eigenvalue weighted by molar-refractivity contribution is -0.116. The summed E-state index contributed by atoms with van der Waals surface area (Å²) in [6.45, 7) is 7.77. The number of fused-ring (bicyclic) bond motifs is 1. The fourth-order valence-corrected chi connectivity index (χ4v) is 3.42. The van der Waals surface area contributed by atoms with E-state index in [9.17, 15) is 9.59 Å². The van der Waals surface area contributed by atoms with Crippen molar-refractivity contribution in [2.24, 2.45) is 0 Å².